The molecule has 0 saturated carbocycles. The van der Waals surface area contributed by atoms with Gasteiger partial charge in [0.15, 0.2) is 0 Å². The molecule has 1 amide bonds. The summed E-state index contributed by atoms with van der Waals surface area (Å²) in [7, 11) is 0. The second kappa shape index (κ2) is 6.89. The number of hydrogen-bond acceptors (Lipinski definition) is 3. The van der Waals surface area contributed by atoms with E-state index < -0.39 is 0 Å². The molecule has 4 nitrogen and oxygen atoms in total. The first-order valence-corrected chi connectivity index (χ1v) is 11.0. The van der Waals surface area contributed by atoms with Crippen molar-refractivity contribution in [1.29, 1.82) is 0 Å². The van der Waals surface area contributed by atoms with E-state index in [0.717, 1.165) is 60.9 Å². The number of hydrogen-bond donors (Lipinski definition) is 0. The fourth-order valence-corrected chi connectivity index (χ4v) is 5.73. The summed E-state index contributed by atoms with van der Waals surface area (Å²) < 4.78 is 2.08. The number of carbonyl (C=O) groups excluding carboxylic acids is 1. The van der Waals surface area contributed by atoms with Crippen molar-refractivity contribution in [3.05, 3.63) is 58.2 Å². The standard InChI is InChI=1S/C23H25N3OS/c1-15-10-12-25(13-11-15)23(27)20-14-17-8-9-19-21(22(17)28-20)16(2)24-26(19)18-6-4-3-5-7-18/h3-7,14-15H,8-13H2,1-2H3. The third kappa shape index (κ3) is 2.89. The summed E-state index contributed by atoms with van der Waals surface area (Å²) in [5, 5.41) is 4.84. The number of amides is 1. The van der Waals surface area contributed by atoms with E-state index in [-0.39, 0.29) is 5.91 Å². The first-order chi connectivity index (χ1) is 13.6. The summed E-state index contributed by atoms with van der Waals surface area (Å²) in [6, 6.07) is 12.5. The average Bonchev–Trinajstić information content (AvgIpc) is 3.30. The number of thiophene rings is 1. The molecule has 144 valence electrons. The molecule has 1 fully saturated rings. The largest absolute Gasteiger partial charge is 0.338 e. The molecule has 0 N–H and O–H groups in total. The second-order valence-electron chi connectivity index (χ2n) is 8.09. The van der Waals surface area contributed by atoms with E-state index in [1.807, 2.05) is 23.1 Å². The van der Waals surface area contributed by atoms with Gasteiger partial charge in [0.25, 0.3) is 5.91 Å². The van der Waals surface area contributed by atoms with Crippen molar-refractivity contribution in [3.63, 3.8) is 0 Å². The van der Waals surface area contributed by atoms with Gasteiger partial charge in [-0.05, 0) is 62.3 Å². The number of nitrogens with zero attached hydrogens (tertiary/aromatic N) is 3. The number of fused-ring (bicyclic) bond motifs is 3. The highest BCUT2D eigenvalue weighted by atomic mass is 32.1. The van der Waals surface area contributed by atoms with E-state index in [1.54, 1.807) is 11.3 Å². The molecule has 5 rings (SSSR count). The lowest BCUT2D eigenvalue weighted by Crippen LogP contribution is -2.37. The fraction of sp³-hybridized carbons (Fsp3) is 0.391. The first-order valence-electron chi connectivity index (χ1n) is 10.2. The molecule has 0 radical (unpaired) electrons. The summed E-state index contributed by atoms with van der Waals surface area (Å²) in [6.45, 7) is 6.14. The molecule has 3 aromatic rings. The van der Waals surface area contributed by atoms with Crippen molar-refractivity contribution < 1.29 is 4.79 Å². The van der Waals surface area contributed by atoms with Gasteiger partial charge in [-0.25, -0.2) is 4.68 Å². The monoisotopic (exact) mass is 391 g/mol. The molecule has 0 bridgehead atoms. The van der Waals surface area contributed by atoms with E-state index in [9.17, 15) is 4.79 Å². The normalized spacial score (nSPS) is 16.7. The number of piperidine rings is 1. The maximum atomic E-state index is 13.1. The number of benzene rings is 1. The minimum Gasteiger partial charge on any atom is -0.338 e. The Bertz CT molecular complexity index is 1030. The fourth-order valence-electron chi connectivity index (χ4n) is 4.44. The van der Waals surface area contributed by atoms with Crippen LogP contribution in [-0.2, 0) is 12.8 Å². The van der Waals surface area contributed by atoms with Gasteiger partial charge in [0.05, 0.1) is 22.0 Å². The zero-order valence-corrected chi connectivity index (χ0v) is 17.3. The van der Waals surface area contributed by atoms with Gasteiger partial charge in [0.1, 0.15) is 0 Å². The van der Waals surface area contributed by atoms with Crippen molar-refractivity contribution in [1.82, 2.24) is 14.7 Å². The highest BCUT2D eigenvalue weighted by Gasteiger charge is 2.29. The molecule has 1 aromatic carbocycles. The molecular formula is C23H25N3OS. The van der Waals surface area contributed by atoms with E-state index >= 15 is 0 Å². The first kappa shape index (κ1) is 17.7. The Morgan fingerprint density at radius 1 is 1.14 bits per heavy atom. The maximum Gasteiger partial charge on any atom is 0.263 e. The molecule has 28 heavy (non-hydrogen) atoms. The minimum atomic E-state index is 0.209. The molecule has 2 aliphatic rings. The van der Waals surface area contributed by atoms with E-state index in [4.69, 9.17) is 5.10 Å². The number of para-hydroxylation sites is 1. The number of likely N-dealkylation sites (tertiary alicyclic amines) is 1. The molecule has 0 atom stereocenters. The Kier molecular flexibility index (Phi) is 4.35. The zero-order valence-electron chi connectivity index (χ0n) is 16.4. The predicted molar refractivity (Wildman–Crippen MR) is 113 cm³/mol. The topological polar surface area (TPSA) is 38.1 Å². The van der Waals surface area contributed by atoms with E-state index in [0.29, 0.717) is 0 Å². The molecule has 0 spiro atoms. The highest BCUT2D eigenvalue weighted by molar-refractivity contribution is 7.17. The van der Waals surface area contributed by atoms with Crippen molar-refractivity contribution in [2.24, 2.45) is 5.92 Å². The van der Waals surface area contributed by atoms with Crippen LogP contribution in [0.4, 0.5) is 0 Å². The molecule has 0 unspecified atom stereocenters. The van der Waals surface area contributed by atoms with Gasteiger partial charge in [0, 0.05) is 23.5 Å². The summed E-state index contributed by atoms with van der Waals surface area (Å²) in [5.41, 5.74) is 5.96. The summed E-state index contributed by atoms with van der Waals surface area (Å²) in [5.74, 6) is 0.940. The SMILES string of the molecule is Cc1nn(-c2ccccc2)c2c1-c1sc(C(=O)N3CCC(C)CC3)cc1CC2. The van der Waals surface area contributed by atoms with Gasteiger partial charge in [-0.2, -0.15) is 5.10 Å². The van der Waals surface area contributed by atoms with Crippen molar-refractivity contribution in [3.8, 4) is 16.1 Å². The van der Waals surface area contributed by atoms with Crippen LogP contribution in [-0.4, -0.2) is 33.7 Å². The van der Waals surface area contributed by atoms with Gasteiger partial charge >= 0.3 is 0 Å². The molecule has 3 heterocycles. The van der Waals surface area contributed by atoms with Crippen molar-refractivity contribution >= 4 is 17.2 Å². The van der Waals surface area contributed by atoms with Crippen LogP contribution in [0.2, 0.25) is 0 Å². The highest BCUT2D eigenvalue weighted by Crippen LogP contribution is 2.42. The summed E-state index contributed by atoms with van der Waals surface area (Å²) in [4.78, 5) is 17.2. The Morgan fingerprint density at radius 3 is 2.64 bits per heavy atom. The van der Waals surface area contributed by atoms with Crippen LogP contribution >= 0.6 is 11.3 Å². The number of aryl methyl sites for hydroxylation is 2. The van der Waals surface area contributed by atoms with Crippen LogP contribution in [0.25, 0.3) is 16.1 Å². The lowest BCUT2D eigenvalue weighted by Gasteiger charge is -2.29. The summed E-state index contributed by atoms with van der Waals surface area (Å²) >= 11 is 1.66. The smallest absolute Gasteiger partial charge is 0.263 e. The predicted octanol–water partition coefficient (Wildman–Crippen LogP) is 4.88. The molecular weight excluding hydrogens is 366 g/mol. The number of rotatable bonds is 2. The third-order valence-corrected chi connectivity index (χ3v) is 7.29. The number of aromatic nitrogens is 2. The molecule has 2 aromatic heterocycles. The van der Waals surface area contributed by atoms with Crippen LogP contribution in [0.3, 0.4) is 0 Å². The second-order valence-corrected chi connectivity index (χ2v) is 9.15. The Balaban J connectivity index is 1.51. The van der Waals surface area contributed by atoms with E-state index in [2.05, 4.69) is 36.7 Å². The quantitative estimate of drug-likeness (QED) is 0.624. The Hall–Kier alpha value is -2.40. The lowest BCUT2D eigenvalue weighted by atomic mass is 9.95. The van der Waals surface area contributed by atoms with Crippen LogP contribution in [0.5, 0.6) is 0 Å². The minimum absolute atomic E-state index is 0.209. The maximum absolute atomic E-state index is 13.1. The van der Waals surface area contributed by atoms with Crippen molar-refractivity contribution in [2.45, 2.75) is 39.5 Å². The molecule has 1 saturated heterocycles. The molecule has 5 heteroatoms. The Labute approximate surface area is 169 Å². The van der Waals surface area contributed by atoms with Gasteiger partial charge in [-0.1, -0.05) is 25.1 Å². The van der Waals surface area contributed by atoms with Crippen molar-refractivity contribution in [2.75, 3.05) is 13.1 Å². The van der Waals surface area contributed by atoms with Gasteiger partial charge in [0.2, 0.25) is 0 Å². The van der Waals surface area contributed by atoms with E-state index in [1.165, 1.54) is 21.7 Å². The lowest BCUT2D eigenvalue weighted by molar-refractivity contribution is 0.0702. The Morgan fingerprint density at radius 2 is 1.89 bits per heavy atom. The van der Waals surface area contributed by atoms with Crippen LogP contribution in [0.1, 0.15) is 46.4 Å². The third-order valence-electron chi connectivity index (χ3n) is 6.11. The zero-order chi connectivity index (χ0) is 19.3. The molecule has 1 aliphatic carbocycles. The van der Waals surface area contributed by atoms with Gasteiger partial charge < -0.3 is 4.90 Å². The average molecular weight is 392 g/mol. The number of carbonyl (C=O) groups is 1. The molecule has 1 aliphatic heterocycles. The van der Waals surface area contributed by atoms with Gasteiger partial charge in [-0.3, -0.25) is 4.79 Å². The van der Waals surface area contributed by atoms with Crippen LogP contribution < -0.4 is 0 Å². The van der Waals surface area contributed by atoms with Crippen LogP contribution in [0, 0.1) is 12.8 Å². The van der Waals surface area contributed by atoms with Crippen LogP contribution in [0.15, 0.2) is 36.4 Å². The van der Waals surface area contributed by atoms with Gasteiger partial charge in [-0.15, -0.1) is 11.3 Å². The summed E-state index contributed by atoms with van der Waals surface area (Å²) in [6.07, 6.45) is 4.17.